The van der Waals surface area contributed by atoms with E-state index in [9.17, 15) is 10.5 Å². The van der Waals surface area contributed by atoms with E-state index in [1.165, 1.54) is 0 Å². The lowest BCUT2D eigenvalue weighted by Crippen LogP contribution is -2.06. The molecule has 14 rings (SSSR count). The van der Waals surface area contributed by atoms with E-state index < -0.39 is 0 Å². The van der Waals surface area contributed by atoms with Crippen molar-refractivity contribution in [3.63, 3.8) is 0 Å². The van der Waals surface area contributed by atoms with Gasteiger partial charge in [-0.3, -0.25) is 0 Å². The zero-order valence-corrected chi connectivity index (χ0v) is 42.0. The predicted octanol–water partition coefficient (Wildman–Crippen LogP) is 17.5. The van der Waals surface area contributed by atoms with Crippen molar-refractivity contribution in [2.75, 3.05) is 0 Å². The Morgan fingerprint density at radius 1 is 0.256 bits per heavy atom. The molecule has 0 amide bonds. The van der Waals surface area contributed by atoms with Crippen LogP contribution >= 0.6 is 0 Å². The summed E-state index contributed by atoms with van der Waals surface area (Å²) in [4.78, 5) is 16.2. The molecule has 0 aliphatic heterocycles. The molecular formula is C71H43N7. The third-order valence-corrected chi connectivity index (χ3v) is 14.8. The fraction of sp³-hybridized carbons (Fsp3) is 0. The number of fused-ring (bicyclic) bond motifs is 6. The highest BCUT2D eigenvalue weighted by Crippen LogP contribution is 2.43. The highest BCUT2D eigenvalue weighted by molar-refractivity contribution is 6.13. The second kappa shape index (κ2) is 19.1. The van der Waals surface area contributed by atoms with Gasteiger partial charge in [0.15, 0.2) is 17.5 Å². The summed E-state index contributed by atoms with van der Waals surface area (Å²) in [5, 5.41) is 25.7. The van der Waals surface area contributed by atoms with Crippen LogP contribution in [0.1, 0.15) is 11.1 Å². The Morgan fingerprint density at radius 3 is 0.833 bits per heavy atom. The molecule has 0 aliphatic carbocycles. The van der Waals surface area contributed by atoms with Crippen LogP contribution in [0.4, 0.5) is 0 Å². The molecule has 11 aromatic carbocycles. The number of nitrogens with zero attached hydrogens (tertiary/aromatic N) is 7. The smallest absolute Gasteiger partial charge is 0.166 e. The van der Waals surface area contributed by atoms with E-state index >= 15 is 0 Å². The van der Waals surface area contributed by atoms with E-state index in [0.717, 1.165) is 105 Å². The van der Waals surface area contributed by atoms with Crippen molar-refractivity contribution in [2.24, 2.45) is 0 Å². The molecule has 3 aromatic heterocycles. The minimum Gasteiger partial charge on any atom is -0.308 e. The summed E-state index contributed by atoms with van der Waals surface area (Å²) in [6.07, 6.45) is 0. The molecule has 0 N–H and O–H groups in total. The lowest BCUT2D eigenvalue weighted by atomic mass is 10.0. The molecule has 0 atom stereocenters. The quantitative estimate of drug-likeness (QED) is 0.144. The van der Waals surface area contributed by atoms with Crippen LogP contribution in [0.2, 0.25) is 0 Å². The van der Waals surface area contributed by atoms with Gasteiger partial charge in [0, 0.05) is 38.2 Å². The molecule has 7 heteroatoms. The fourth-order valence-corrected chi connectivity index (χ4v) is 11.1. The normalized spacial score (nSPS) is 11.3. The minimum absolute atomic E-state index is 0.368. The Labute approximate surface area is 450 Å². The van der Waals surface area contributed by atoms with E-state index in [-0.39, 0.29) is 0 Å². The zero-order chi connectivity index (χ0) is 52.1. The number of hydrogen-bond donors (Lipinski definition) is 0. The van der Waals surface area contributed by atoms with Gasteiger partial charge < -0.3 is 9.13 Å². The number of rotatable bonds is 9. The van der Waals surface area contributed by atoms with Gasteiger partial charge in [-0.05, 0) is 105 Å². The monoisotopic (exact) mass is 993 g/mol. The summed E-state index contributed by atoms with van der Waals surface area (Å²) in [5.41, 5.74) is 17.2. The average molecular weight is 994 g/mol. The number of benzene rings is 11. The predicted molar refractivity (Wildman–Crippen MR) is 316 cm³/mol. The summed E-state index contributed by atoms with van der Waals surface area (Å²) < 4.78 is 4.58. The van der Waals surface area contributed by atoms with Crippen LogP contribution in [0.15, 0.2) is 261 Å². The van der Waals surface area contributed by atoms with Crippen LogP contribution < -0.4 is 0 Å². The van der Waals surface area contributed by atoms with Crippen molar-refractivity contribution < 1.29 is 0 Å². The maximum absolute atomic E-state index is 10.7. The van der Waals surface area contributed by atoms with Gasteiger partial charge in [-0.1, -0.05) is 200 Å². The van der Waals surface area contributed by atoms with Gasteiger partial charge in [-0.15, -0.1) is 0 Å². The van der Waals surface area contributed by atoms with Crippen LogP contribution in [0, 0.1) is 22.7 Å². The molecule has 14 aromatic rings. The topological polar surface area (TPSA) is 96.1 Å². The first-order valence-electron chi connectivity index (χ1n) is 25.9. The first-order valence-corrected chi connectivity index (χ1v) is 25.9. The second-order valence-corrected chi connectivity index (χ2v) is 19.4. The van der Waals surface area contributed by atoms with Crippen molar-refractivity contribution in [2.45, 2.75) is 0 Å². The summed E-state index contributed by atoms with van der Waals surface area (Å²) in [6, 6.07) is 94.5. The first-order chi connectivity index (χ1) is 38.6. The summed E-state index contributed by atoms with van der Waals surface area (Å²) in [5.74, 6) is 1.18. The van der Waals surface area contributed by atoms with E-state index in [1.54, 1.807) is 0 Å². The van der Waals surface area contributed by atoms with Crippen LogP contribution in [-0.4, -0.2) is 24.1 Å². The van der Waals surface area contributed by atoms with Crippen molar-refractivity contribution in [3.05, 3.63) is 272 Å². The molecule has 0 fully saturated rings. The molecule has 0 unspecified atom stereocenters. The lowest BCUT2D eigenvalue weighted by Gasteiger charge is -2.17. The highest BCUT2D eigenvalue weighted by atomic mass is 15.1. The Balaban J connectivity index is 1.06. The van der Waals surface area contributed by atoms with Crippen molar-refractivity contribution in [1.82, 2.24) is 24.1 Å². The van der Waals surface area contributed by atoms with Gasteiger partial charge in [-0.2, -0.15) is 10.5 Å². The van der Waals surface area contributed by atoms with Gasteiger partial charge in [0.25, 0.3) is 0 Å². The Morgan fingerprint density at radius 2 is 0.538 bits per heavy atom. The van der Waals surface area contributed by atoms with Crippen LogP contribution in [0.3, 0.4) is 0 Å². The maximum atomic E-state index is 10.7. The maximum Gasteiger partial charge on any atom is 0.166 e. The molecule has 362 valence electrons. The number of hydrogen-bond acceptors (Lipinski definition) is 5. The van der Waals surface area contributed by atoms with Crippen LogP contribution in [0.5, 0.6) is 0 Å². The van der Waals surface area contributed by atoms with Crippen LogP contribution in [0.25, 0.3) is 134 Å². The first kappa shape index (κ1) is 45.6. The lowest BCUT2D eigenvalue weighted by molar-refractivity contribution is 1.06. The third-order valence-electron chi connectivity index (χ3n) is 14.8. The third kappa shape index (κ3) is 7.95. The molecular weight excluding hydrogens is 951 g/mol. The van der Waals surface area contributed by atoms with Crippen molar-refractivity contribution >= 4 is 43.6 Å². The highest BCUT2D eigenvalue weighted by Gasteiger charge is 2.24. The number of nitriles is 2. The van der Waals surface area contributed by atoms with Crippen LogP contribution in [-0.2, 0) is 0 Å². The summed E-state index contributed by atoms with van der Waals surface area (Å²) >= 11 is 0. The number of aromatic nitrogens is 5. The minimum atomic E-state index is 0.368. The molecule has 3 heterocycles. The average Bonchev–Trinajstić information content (AvgIpc) is 4.22. The fourth-order valence-electron chi connectivity index (χ4n) is 11.1. The van der Waals surface area contributed by atoms with E-state index in [0.29, 0.717) is 39.7 Å². The van der Waals surface area contributed by atoms with Crippen molar-refractivity contribution in [1.29, 1.82) is 10.5 Å². The Hall–Kier alpha value is -11.0. The van der Waals surface area contributed by atoms with E-state index in [4.69, 9.17) is 15.0 Å². The van der Waals surface area contributed by atoms with Gasteiger partial charge in [0.05, 0.1) is 56.7 Å². The molecule has 7 nitrogen and oxygen atoms in total. The van der Waals surface area contributed by atoms with Crippen molar-refractivity contribution in [3.8, 4) is 102 Å². The molecule has 0 aliphatic rings. The standard InChI is InChI=1S/C71H43N7/c72-44-46-26-36-63(77-65-40-53(48-16-6-1-7-17-48)28-32-57(65)58-33-29-54(41-66(58)77)49-18-8-2-9-19-49)61(38-46)70-74-69(52-24-14-5-15-25-52)75-71(76-70)62-39-47(45-73)27-37-64(62)78-67-42-55(50-20-10-3-11-21-50)30-34-59(67)60-35-31-56(43-68(60)78)51-22-12-4-13-23-51/h1-43H. The van der Waals surface area contributed by atoms with Gasteiger partial charge in [0.2, 0.25) is 0 Å². The molecule has 0 saturated carbocycles. The van der Waals surface area contributed by atoms with E-state index in [1.807, 2.05) is 91.0 Å². The van der Waals surface area contributed by atoms with Gasteiger partial charge in [-0.25, -0.2) is 15.0 Å². The zero-order valence-electron chi connectivity index (χ0n) is 42.0. The van der Waals surface area contributed by atoms with Gasteiger partial charge >= 0.3 is 0 Å². The molecule has 0 spiro atoms. The molecule has 0 bridgehead atoms. The van der Waals surface area contributed by atoms with E-state index in [2.05, 4.69) is 191 Å². The summed E-state index contributed by atoms with van der Waals surface area (Å²) in [6.45, 7) is 0. The molecule has 0 radical (unpaired) electrons. The molecule has 0 saturated heterocycles. The largest absolute Gasteiger partial charge is 0.308 e. The summed E-state index contributed by atoms with van der Waals surface area (Å²) in [7, 11) is 0. The Kier molecular flexibility index (Phi) is 11.1. The van der Waals surface area contributed by atoms with Gasteiger partial charge in [0.1, 0.15) is 0 Å². The molecule has 78 heavy (non-hydrogen) atoms. The second-order valence-electron chi connectivity index (χ2n) is 19.4. The Bertz CT molecular complexity index is 4250. The SMILES string of the molecule is N#Cc1ccc(-n2c3cc(-c4ccccc4)ccc3c3ccc(-c4ccccc4)cc32)c(-c2nc(-c3ccccc3)nc(-c3cc(C#N)ccc3-n3c4cc(-c5ccccc5)ccc4c4ccc(-c5ccccc5)cc43)n2)c1.